The summed E-state index contributed by atoms with van der Waals surface area (Å²) < 4.78 is 5.25. The molecule has 1 amide bonds. The van der Waals surface area contributed by atoms with Crippen LogP contribution in [0.3, 0.4) is 0 Å². The van der Waals surface area contributed by atoms with E-state index in [1.54, 1.807) is 11.9 Å². The van der Waals surface area contributed by atoms with E-state index in [1.807, 2.05) is 0 Å². The summed E-state index contributed by atoms with van der Waals surface area (Å²) in [6, 6.07) is 6.27. The molecular formula is C15H22N2O2. The molecule has 0 bridgehead atoms. The highest BCUT2D eigenvalue weighted by Crippen LogP contribution is 2.20. The Morgan fingerprint density at radius 3 is 2.79 bits per heavy atom. The average molecular weight is 262 g/mol. The Morgan fingerprint density at radius 2 is 2.21 bits per heavy atom. The summed E-state index contributed by atoms with van der Waals surface area (Å²) in [7, 11) is 1.80. The summed E-state index contributed by atoms with van der Waals surface area (Å²) in [4.78, 5) is 14.1. The number of rotatable bonds is 3. The van der Waals surface area contributed by atoms with E-state index in [-0.39, 0.29) is 5.91 Å². The Labute approximate surface area is 114 Å². The summed E-state index contributed by atoms with van der Waals surface area (Å²) in [6.45, 7) is 5.61. The first-order valence-corrected chi connectivity index (χ1v) is 6.61. The molecule has 4 heteroatoms. The zero-order chi connectivity index (χ0) is 14.0. The van der Waals surface area contributed by atoms with Crippen LogP contribution in [0.1, 0.15) is 23.1 Å². The number of amides is 1. The molecular weight excluding hydrogens is 240 g/mol. The Bertz CT molecular complexity index is 479. The van der Waals surface area contributed by atoms with Crippen LogP contribution in [0, 0.1) is 13.8 Å². The van der Waals surface area contributed by atoms with E-state index < -0.39 is 5.54 Å². The molecule has 0 radical (unpaired) electrons. The summed E-state index contributed by atoms with van der Waals surface area (Å²) in [6.07, 6.45) is 0.600. The van der Waals surface area contributed by atoms with Gasteiger partial charge in [0.15, 0.2) is 0 Å². The van der Waals surface area contributed by atoms with Gasteiger partial charge in [-0.05, 0) is 31.4 Å². The van der Waals surface area contributed by atoms with E-state index in [0.29, 0.717) is 26.2 Å². The minimum Gasteiger partial charge on any atom is -0.379 e. The van der Waals surface area contributed by atoms with Gasteiger partial charge in [-0.15, -0.1) is 0 Å². The lowest BCUT2D eigenvalue weighted by atomic mass is 9.98. The van der Waals surface area contributed by atoms with Crippen molar-refractivity contribution >= 4 is 5.91 Å². The number of ether oxygens (including phenoxy) is 1. The molecule has 1 heterocycles. The van der Waals surface area contributed by atoms with Crippen molar-refractivity contribution in [3.8, 4) is 0 Å². The van der Waals surface area contributed by atoms with Gasteiger partial charge in [-0.25, -0.2) is 0 Å². The second kappa shape index (κ2) is 5.31. The Hall–Kier alpha value is -1.39. The molecule has 19 heavy (non-hydrogen) atoms. The molecule has 1 saturated heterocycles. The van der Waals surface area contributed by atoms with Crippen molar-refractivity contribution in [3.63, 3.8) is 0 Å². The van der Waals surface area contributed by atoms with Crippen LogP contribution in [0.25, 0.3) is 0 Å². The fraction of sp³-hybridized carbons (Fsp3) is 0.533. The normalized spacial score (nSPS) is 22.5. The van der Waals surface area contributed by atoms with Gasteiger partial charge >= 0.3 is 0 Å². The van der Waals surface area contributed by atoms with Crippen LogP contribution < -0.4 is 5.73 Å². The molecule has 0 aliphatic carbocycles. The zero-order valence-electron chi connectivity index (χ0n) is 11.9. The monoisotopic (exact) mass is 262 g/mol. The van der Waals surface area contributed by atoms with E-state index in [4.69, 9.17) is 10.5 Å². The van der Waals surface area contributed by atoms with Crippen molar-refractivity contribution in [2.45, 2.75) is 32.4 Å². The van der Waals surface area contributed by atoms with Gasteiger partial charge in [0.25, 0.3) is 0 Å². The second-order valence-electron chi connectivity index (χ2n) is 5.55. The summed E-state index contributed by atoms with van der Waals surface area (Å²) in [5, 5.41) is 0. The Morgan fingerprint density at radius 1 is 1.47 bits per heavy atom. The summed E-state index contributed by atoms with van der Waals surface area (Å²) >= 11 is 0. The van der Waals surface area contributed by atoms with Gasteiger partial charge in [0, 0.05) is 20.2 Å². The van der Waals surface area contributed by atoms with Crippen LogP contribution in [0.4, 0.5) is 0 Å². The number of aryl methyl sites for hydroxylation is 2. The minimum atomic E-state index is -0.840. The Balaban J connectivity index is 2.08. The van der Waals surface area contributed by atoms with Crippen LogP contribution in [-0.4, -0.2) is 36.6 Å². The van der Waals surface area contributed by atoms with E-state index in [1.165, 1.54) is 11.1 Å². The smallest absolute Gasteiger partial charge is 0.245 e. The number of benzene rings is 1. The summed E-state index contributed by atoms with van der Waals surface area (Å²) in [5.41, 5.74) is 8.85. The van der Waals surface area contributed by atoms with E-state index in [2.05, 4.69) is 32.0 Å². The first-order chi connectivity index (χ1) is 8.92. The quantitative estimate of drug-likeness (QED) is 0.895. The maximum Gasteiger partial charge on any atom is 0.245 e. The van der Waals surface area contributed by atoms with E-state index in [9.17, 15) is 4.79 Å². The largest absolute Gasteiger partial charge is 0.379 e. The molecule has 104 valence electrons. The molecule has 2 N–H and O–H groups in total. The maximum atomic E-state index is 12.4. The fourth-order valence-corrected chi connectivity index (χ4v) is 2.48. The number of likely N-dealkylation sites (N-methyl/N-ethyl adjacent to an activating group) is 1. The molecule has 0 saturated carbocycles. The lowest BCUT2D eigenvalue weighted by molar-refractivity contribution is -0.136. The molecule has 1 aliphatic rings. The predicted molar refractivity (Wildman–Crippen MR) is 74.7 cm³/mol. The standard InChI is InChI=1S/C15H22N2O2/c1-11-4-5-13(12(2)8-11)9-17(3)14(18)15(16)6-7-19-10-15/h4-5,8H,6-7,9-10,16H2,1-3H3. The van der Waals surface area contributed by atoms with Gasteiger partial charge in [-0.3, -0.25) is 4.79 Å². The first kappa shape index (κ1) is 14.0. The molecule has 1 aromatic carbocycles. The van der Waals surface area contributed by atoms with Gasteiger partial charge in [-0.2, -0.15) is 0 Å². The number of nitrogens with two attached hydrogens (primary N) is 1. The van der Waals surface area contributed by atoms with Gasteiger partial charge < -0.3 is 15.4 Å². The highest BCUT2D eigenvalue weighted by Gasteiger charge is 2.40. The molecule has 1 aromatic rings. The van der Waals surface area contributed by atoms with Crippen molar-refractivity contribution in [1.82, 2.24) is 4.90 Å². The molecule has 1 atom stereocenters. The van der Waals surface area contributed by atoms with E-state index in [0.717, 1.165) is 5.56 Å². The lowest BCUT2D eigenvalue weighted by Crippen LogP contribution is -2.54. The van der Waals surface area contributed by atoms with Crippen molar-refractivity contribution in [1.29, 1.82) is 0 Å². The number of carbonyl (C=O) groups excluding carboxylic acids is 1. The van der Waals surface area contributed by atoms with Gasteiger partial charge in [0.1, 0.15) is 5.54 Å². The third-order valence-electron chi connectivity index (χ3n) is 3.73. The predicted octanol–water partition coefficient (Wildman–Crippen LogP) is 1.38. The third-order valence-corrected chi connectivity index (χ3v) is 3.73. The second-order valence-corrected chi connectivity index (χ2v) is 5.55. The highest BCUT2D eigenvalue weighted by molar-refractivity contribution is 5.86. The SMILES string of the molecule is Cc1ccc(CN(C)C(=O)C2(N)CCOC2)c(C)c1. The van der Waals surface area contributed by atoms with Gasteiger partial charge in [0.2, 0.25) is 5.91 Å². The van der Waals surface area contributed by atoms with Crippen LogP contribution in [0.5, 0.6) is 0 Å². The number of hydrogen-bond donors (Lipinski definition) is 1. The van der Waals surface area contributed by atoms with Gasteiger partial charge in [-0.1, -0.05) is 23.8 Å². The van der Waals surface area contributed by atoms with Crippen LogP contribution in [0.15, 0.2) is 18.2 Å². The first-order valence-electron chi connectivity index (χ1n) is 6.61. The number of hydrogen-bond acceptors (Lipinski definition) is 3. The molecule has 1 fully saturated rings. The van der Waals surface area contributed by atoms with Crippen LogP contribution in [0.2, 0.25) is 0 Å². The van der Waals surface area contributed by atoms with Crippen molar-refractivity contribution < 1.29 is 9.53 Å². The average Bonchev–Trinajstić information content (AvgIpc) is 2.80. The molecule has 0 spiro atoms. The highest BCUT2D eigenvalue weighted by atomic mass is 16.5. The minimum absolute atomic E-state index is 0.0371. The van der Waals surface area contributed by atoms with Crippen LogP contribution >= 0.6 is 0 Å². The van der Waals surface area contributed by atoms with E-state index >= 15 is 0 Å². The molecule has 4 nitrogen and oxygen atoms in total. The third kappa shape index (κ3) is 2.96. The van der Waals surface area contributed by atoms with Crippen LogP contribution in [-0.2, 0) is 16.1 Å². The molecule has 1 unspecified atom stereocenters. The summed E-state index contributed by atoms with van der Waals surface area (Å²) in [5.74, 6) is -0.0371. The zero-order valence-corrected chi connectivity index (χ0v) is 11.9. The number of carbonyl (C=O) groups is 1. The van der Waals surface area contributed by atoms with Gasteiger partial charge in [0.05, 0.1) is 6.61 Å². The Kier molecular flexibility index (Phi) is 3.92. The van der Waals surface area contributed by atoms with Crippen molar-refractivity contribution in [3.05, 3.63) is 34.9 Å². The van der Waals surface area contributed by atoms with Crippen molar-refractivity contribution in [2.24, 2.45) is 5.73 Å². The topological polar surface area (TPSA) is 55.6 Å². The maximum absolute atomic E-state index is 12.4. The molecule has 1 aliphatic heterocycles. The number of nitrogens with zero attached hydrogens (tertiary/aromatic N) is 1. The molecule has 0 aromatic heterocycles. The molecule has 2 rings (SSSR count). The lowest BCUT2D eigenvalue weighted by Gasteiger charge is -2.28. The van der Waals surface area contributed by atoms with Crippen molar-refractivity contribution in [2.75, 3.05) is 20.3 Å². The fourth-order valence-electron chi connectivity index (χ4n) is 2.48.